The molecule has 1 heterocycles. The first kappa shape index (κ1) is 13.7. The van der Waals surface area contributed by atoms with Crippen molar-refractivity contribution in [1.82, 2.24) is 5.32 Å². The molecule has 2 atom stereocenters. The molecular formula is C14H21NO2S. The summed E-state index contributed by atoms with van der Waals surface area (Å²) in [4.78, 5) is 0. The number of ether oxygens (including phenoxy) is 1. The monoisotopic (exact) mass is 267 g/mol. The van der Waals surface area contributed by atoms with Gasteiger partial charge in [0, 0.05) is 17.5 Å². The highest BCUT2D eigenvalue weighted by Crippen LogP contribution is 2.19. The number of nitrogens with one attached hydrogen (secondary N) is 1. The van der Waals surface area contributed by atoms with Gasteiger partial charge in [0.15, 0.2) is 0 Å². The summed E-state index contributed by atoms with van der Waals surface area (Å²) in [5, 5.41) is 13.0. The molecule has 1 fully saturated rings. The van der Waals surface area contributed by atoms with Gasteiger partial charge in [0.25, 0.3) is 0 Å². The first-order valence-corrected chi connectivity index (χ1v) is 7.65. The highest BCUT2D eigenvalue weighted by Gasteiger charge is 2.24. The lowest BCUT2D eigenvalue weighted by molar-refractivity contribution is 0.0476. The molecule has 4 heteroatoms. The van der Waals surface area contributed by atoms with Gasteiger partial charge in [-0.15, -0.1) is 0 Å². The summed E-state index contributed by atoms with van der Waals surface area (Å²) in [6.45, 7) is 3.90. The van der Waals surface area contributed by atoms with Crippen molar-refractivity contribution in [1.29, 1.82) is 0 Å². The van der Waals surface area contributed by atoms with Crippen molar-refractivity contribution in [2.24, 2.45) is 0 Å². The van der Waals surface area contributed by atoms with Gasteiger partial charge in [-0.3, -0.25) is 0 Å². The van der Waals surface area contributed by atoms with E-state index in [0.717, 1.165) is 36.6 Å². The Balaban J connectivity index is 2.00. The molecule has 0 radical (unpaired) electrons. The Morgan fingerprint density at radius 3 is 3.11 bits per heavy atom. The molecule has 0 spiro atoms. The summed E-state index contributed by atoms with van der Waals surface area (Å²) in [7, 11) is 0. The number of hydrogen-bond donors (Lipinski definition) is 2. The zero-order valence-electron chi connectivity index (χ0n) is 10.8. The van der Waals surface area contributed by atoms with E-state index in [2.05, 4.69) is 18.3 Å². The summed E-state index contributed by atoms with van der Waals surface area (Å²) in [6, 6.07) is 7.81. The molecule has 0 bridgehead atoms. The fourth-order valence-corrected chi connectivity index (χ4v) is 3.21. The van der Waals surface area contributed by atoms with E-state index in [1.54, 1.807) is 6.07 Å². The number of rotatable bonds is 5. The van der Waals surface area contributed by atoms with E-state index in [-0.39, 0.29) is 6.10 Å². The van der Waals surface area contributed by atoms with Crippen LogP contribution in [0.25, 0.3) is 0 Å². The van der Waals surface area contributed by atoms with Gasteiger partial charge in [0.05, 0.1) is 12.7 Å². The average Bonchev–Trinajstić information content (AvgIpc) is 2.39. The minimum atomic E-state index is 0.269. The largest absolute Gasteiger partial charge is 0.508 e. The van der Waals surface area contributed by atoms with Gasteiger partial charge in [-0.05, 0) is 30.7 Å². The van der Waals surface area contributed by atoms with Crippen molar-refractivity contribution < 1.29 is 9.84 Å². The van der Waals surface area contributed by atoms with Crippen molar-refractivity contribution in [2.45, 2.75) is 25.5 Å². The molecule has 2 unspecified atom stereocenters. The SMILES string of the molecule is CCNC(Cc1cccc(O)c1)C1CSCCO1. The number of phenolic OH excluding ortho intramolecular Hbond substituents is 1. The van der Waals surface area contributed by atoms with E-state index < -0.39 is 0 Å². The van der Waals surface area contributed by atoms with Crippen LogP contribution in [0.4, 0.5) is 0 Å². The molecule has 100 valence electrons. The Morgan fingerprint density at radius 2 is 2.44 bits per heavy atom. The molecule has 1 saturated heterocycles. The van der Waals surface area contributed by atoms with E-state index in [0.29, 0.717) is 11.8 Å². The Kier molecular flexibility index (Phi) is 5.35. The quantitative estimate of drug-likeness (QED) is 0.857. The van der Waals surface area contributed by atoms with Gasteiger partial charge in [0.1, 0.15) is 5.75 Å². The second kappa shape index (κ2) is 7.02. The number of likely N-dealkylation sites (N-methyl/N-ethyl adjacent to an activating group) is 1. The third-order valence-electron chi connectivity index (χ3n) is 3.12. The standard InChI is InChI=1S/C14H21NO2S/c1-2-15-13(14-10-18-7-6-17-14)9-11-4-3-5-12(16)8-11/h3-5,8,13-16H,2,6-7,9-10H2,1H3. The molecule has 0 aromatic heterocycles. The lowest BCUT2D eigenvalue weighted by Crippen LogP contribution is -2.46. The van der Waals surface area contributed by atoms with Crippen molar-refractivity contribution in [3.8, 4) is 5.75 Å². The van der Waals surface area contributed by atoms with Crippen molar-refractivity contribution in [2.75, 3.05) is 24.7 Å². The Labute approximate surface area is 113 Å². The van der Waals surface area contributed by atoms with Crippen LogP contribution in [0.3, 0.4) is 0 Å². The van der Waals surface area contributed by atoms with Crippen LogP contribution < -0.4 is 5.32 Å². The maximum Gasteiger partial charge on any atom is 0.115 e. The second-order valence-electron chi connectivity index (χ2n) is 4.52. The highest BCUT2D eigenvalue weighted by molar-refractivity contribution is 7.99. The van der Waals surface area contributed by atoms with Crippen LogP contribution in [0.5, 0.6) is 5.75 Å². The van der Waals surface area contributed by atoms with Crippen LogP contribution in [-0.4, -0.2) is 41.9 Å². The summed E-state index contributed by atoms with van der Waals surface area (Å²) < 4.78 is 5.85. The van der Waals surface area contributed by atoms with Crippen LogP contribution in [0.2, 0.25) is 0 Å². The molecule has 2 rings (SSSR count). The molecule has 1 aromatic carbocycles. The Hall–Kier alpha value is -0.710. The van der Waals surface area contributed by atoms with E-state index in [4.69, 9.17) is 4.74 Å². The molecule has 1 aliphatic heterocycles. The predicted molar refractivity (Wildman–Crippen MR) is 76.3 cm³/mol. The summed E-state index contributed by atoms with van der Waals surface area (Å²) in [6.07, 6.45) is 1.17. The zero-order chi connectivity index (χ0) is 12.8. The Morgan fingerprint density at radius 1 is 1.56 bits per heavy atom. The van der Waals surface area contributed by atoms with Crippen LogP contribution >= 0.6 is 11.8 Å². The predicted octanol–water partition coefficient (Wildman–Crippen LogP) is 2.04. The molecule has 3 nitrogen and oxygen atoms in total. The molecule has 2 N–H and O–H groups in total. The second-order valence-corrected chi connectivity index (χ2v) is 5.67. The summed E-state index contributed by atoms with van der Waals surface area (Å²) >= 11 is 1.96. The number of hydrogen-bond acceptors (Lipinski definition) is 4. The van der Waals surface area contributed by atoms with Crippen molar-refractivity contribution in [3.05, 3.63) is 29.8 Å². The van der Waals surface area contributed by atoms with Gasteiger partial charge < -0.3 is 15.2 Å². The van der Waals surface area contributed by atoms with Crippen molar-refractivity contribution >= 4 is 11.8 Å². The topological polar surface area (TPSA) is 41.5 Å². The van der Waals surface area contributed by atoms with Gasteiger partial charge >= 0.3 is 0 Å². The number of aromatic hydroxyl groups is 1. The highest BCUT2D eigenvalue weighted by atomic mass is 32.2. The molecule has 0 saturated carbocycles. The number of benzene rings is 1. The van der Waals surface area contributed by atoms with E-state index in [1.165, 1.54) is 0 Å². The molecule has 0 amide bonds. The average molecular weight is 267 g/mol. The maximum atomic E-state index is 9.51. The van der Waals surface area contributed by atoms with E-state index in [9.17, 15) is 5.11 Å². The summed E-state index contributed by atoms with van der Waals surface area (Å²) in [5.41, 5.74) is 1.15. The smallest absolute Gasteiger partial charge is 0.115 e. The molecule has 0 aliphatic carbocycles. The zero-order valence-corrected chi connectivity index (χ0v) is 11.6. The van der Waals surface area contributed by atoms with Crippen LogP contribution in [0, 0.1) is 0 Å². The van der Waals surface area contributed by atoms with Crippen molar-refractivity contribution in [3.63, 3.8) is 0 Å². The lowest BCUT2D eigenvalue weighted by Gasteiger charge is -2.31. The Bertz CT molecular complexity index is 367. The van der Waals surface area contributed by atoms with E-state index >= 15 is 0 Å². The van der Waals surface area contributed by atoms with Crippen LogP contribution in [0.1, 0.15) is 12.5 Å². The molecular weight excluding hydrogens is 246 g/mol. The molecule has 1 aromatic rings. The third-order valence-corrected chi connectivity index (χ3v) is 4.14. The minimum absolute atomic E-state index is 0.269. The van der Waals surface area contributed by atoms with Gasteiger partial charge in [-0.25, -0.2) is 0 Å². The fourth-order valence-electron chi connectivity index (χ4n) is 2.27. The van der Waals surface area contributed by atoms with Gasteiger partial charge in [-0.2, -0.15) is 11.8 Å². The molecule has 1 aliphatic rings. The van der Waals surface area contributed by atoms with E-state index in [1.807, 2.05) is 23.9 Å². The van der Waals surface area contributed by atoms with Gasteiger partial charge in [0.2, 0.25) is 0 Å². The first-order valence-electron chi connectivity index (χ1n) is 6.50. The minimum Gasteiger partial charge on any atom is -0.508 e. The molecule has 18 heavy (non-hydrogen) atoms. The first-order chi connectivity index (χ1) is 8.79. The summed E-state index contributed by atoms with van der Waals surface area (Å²) in [5.74, 6) is 2.49. The third kappa shape index (κ3) is 3.90. The van der Waals surface area contributed by atoms with Gasteiger partial charge in [-0.1, -0.05) is 19.1 Å². The van der Waals surface area contributed by atoms with Crippen LogP contribution in [0.15, 0.2) is 24.3 Å². The number of thioether (sulfide) groups is 1. The van der Waals surface area contributed by atoms with Crippen LogP contribution in [-0.2, 0) is 11.2 Å². The normalized spacial score (nSPS) is 21.7. The maximum absolute atomic E-state index is 9.51. The number of phenols is 1. The fraction of sp³-hybridized carbons (Fsp3) is 0.571. The lowest BCUT2D eigenvalue weighted by atomic mass is 10.0.